The van der Waals surface area contributed by atoms with Crippen LogP contribution in [0.2, 0.25) is 0 Å². The molecule has 0 aliphatic carbocycles. The number of anilines is 1. The highest BCUT2D eigenvalue weighted by atomic mass is 32.1. The number of ether oxygens (including phenoxy) is 1. The molecule has 0 fully saturated rings. The van der Waals surface area contributed by atoms with Crippen LogP contribution in [0.3, 0.4) is 0 Å². The van der Waals surface area contributed by atoms with Gasteiger partial charge in [0.25, 0.3) is 5.91 Å². The molecule has 0 radical (unpaired) electrons. The van der Waals surface area contributed by atoms with Crippen LogP contribution in [0.4, 0.5) is 5.69 Å². The summed E-state index contributed by atoms with van der Waals surface area (Å²) in [4.78, 5) is 20.9. The molecule has 122 valence electrons. The summed E-state index contributed by atoms with van der Waals surface area (Å²) in [6.45, 7) is 5.96. The highest BCUT2D eigenvalue weighted by Gasteiger charge is 2.10. The highest BCUT2D eigenvalue weighted by Crippen LogP contribution is 2.23. The van der Waals surface area contributed by atoms with Crippen molar-refractivity contribution in [1.29, 1.82) is 0 Å². The molecular formula is C18H17N3O2S. The molecular weight excluding hydrogens is 322 g/mol. The number of hydrogen-bond donors (Lipinski definition) is 1. The van der Waals surface area contributed by atoms with Crippen molar-refractivity contribution >= 4 is 22.9 Å². The molecule has 0 unspecified atom stereocenters. The average molecular weight is 339 g/mol. The first-order valence-electron chi connectivity index (χ1n) is 7.46. The van der Waals surface area contributed by atoms with Crippen molar-refractivity contribution in [3.63, 3.8) is 0 Å². The summed E-state index contributed by atoms with van der Waals surface area (Å²) < 4.78 is 5.73. The van der Waals surface area contributed by atoms with E-state index in [2.05, 4.69) is 22.2 Å². The van der Waals surface area contributed by atoms with E-state index in [1.165, 1.54) is 16.9 Å². The molecule has 0 spiro atoms. The lowest BCUT2D eigenvalue weighted by molar-refractivity contribution is 0.103. The maximum atomic E-state index is 12.1. The zero-order chi connectivity index (χ0) is 17.1. The van der Waals surface area contributed by atoms with E-state index in [0.717, 1.165) is 16.3 Å². The number of aryl methyl sites for hydroxylation is 3. The molecule has 0 saturated heterocycles. The Balaban J connectivity index is 1.66. The molecule has 0 bridgehead atoms. The Kier molecular flexibility index (Phi) is 4.57. The normalized spacial score (nSPS) is 10.5. The van der Waals surface area contributed by atoms with Gasteiger partial charge in [-0.2, -0.15) is 0 Å². The topological polar surface area (TPSA) is 64.1 Å². The first-order chi connectivity index (χ1) is 11.5. The number of carbonyl (C=O) groups excluding carboxylic acids is 1. The van der Waals surface area contributed by atoms with E-state index >= 15 is 0 Å². The zero-order valence-corrected chi connectivity index (χ0v) is 14.5. The van der Waals surface area contributed by atoms with Gasteiger partial charge in [-0.05, 0) is 50.1 Å². The van der Waals surface area contributed by atoms with Crippen LogP contribution in [-0.2, 0) is 0 Å². The van der Waals surface area contributed by atoms with E-state index in [-0.39, 0.29) is 5.91 Å². The second kappa shape index (κ2) is 6.80. The molecule has 0 saturated carbocycles. The van der Waals surface area contributed by atoms with Gasteiger partial charge in [0, 0.05) is 6.07 Å². The molecule has 5 nitrogen and oxygen atoms in total. The van der Waals surface area contributed by atoms with Crippen LogP contribution >= 0.6 is 11.3 Å². The predicted octanol–water partition coefficient (Wildman–Crippen LogP) is 4.51. The molecule has 1 aromatic carbocycles. The maximum absolute atomic E-state index is 12.1. The summed E-state index contributed by atoms with van der Waals surface area (Å²) in [6.07, 6.45) is 3.14. The molecule has 0 aliphatic rings. The SMILES string of the molecule is Cc1ncc(C(=O)Nc2ccc(Oc3ccc(C)c(C)c3)nc2)s1. The van der Waals surface area contributed by atoms with Gasteiger partial charge >= 0.3 is 0 Å². The van der Waals surface area contributed by atoms with Gasteiger partial charge in [0.15, 0.2) is 0 Å². The van der Waals surface area contributed by atoms with Gasteiger partial charge in [-0.1, -0.05) is 6.07 Å². The molecule has 3 aromatic rings. The molecule has 1 N–H and O–H groups in total. The van der Waals surface area contributed by atoms with Crippen LogP contribution in [0.25, 0.3) is 0 Å². The lowest BCUT2D eigenvalue weighted by atomic mass is 10.1. The molecule has 0 aliphatic heterocycles. The van der Waals surface area contributed by atoms with Crippen LogP contribution in [0.15, 0.2) is 42.7 Å². The molecule has 0 atom stereocenters. The second-order valence-corrected chi connectivity index (χ2v) is 6.67. The van der Waals surface area contributed by atoms with Crippen molar-refractivity contribution in [2.24, 2.45) is 0 Å². The van der Waals surface area contributed by atoms with Crippen LogP contribution in [-0.4, -0.2) is 15.9 Å². The molecule has 3 rings (SSSR count). The van der Waals surface area contributed by atoms with Gasteiger partial charge < -0.3 is 10.1 Å². The summed E-state index contributed by atoms with van der Waals surface area (Å²) in [5, 5.41) is 3.65. The third-order valence-corrected chi connectivity index (χ3v) is 4.45. The first kappa shape index (κ1) is 16.1. The maximum Gasteiger partial charge on any atom is 0.267 e. The number of pyridine rings is 1. The average Bonchev–Trinajstić information content (AvgIpc) is 2.99. The van der Waals surface area contributed by atoms with E-state index in [1.807, 2.05) is 32.0 Å². The summed E-state index contributed by atoms with van der Waals surface area (Å²) in [5.74, 6) is 1.03. The number of benzene rings is 1. The quantitative estimate of drug-likeness (QED) is 0.759. The fraction of sp³-hybridized carbons (Fsp3) is 0.167. The number of aromatic nitrogens is 2. The smallest absolute Gasteiger partial charge is 0.267 e. The number of nitrogens with zero attached hydrogens (tertiary/aromatic N) is 2. The minimum Gasteiger partial charge on any atom is -0.439 e. The van der Waals surface area contributed by atoms with E-state index < -0.39 is 0 Å². The van der Waals surface area contributed by atoms with Gasteiger partial charge in [0.05, 0.1) is 23.1 Å². The Morgan fingerprint density at radius 1 is 1.04 bits per heavy atom. The number of thiazole rings is 1. The summed E-state index contributed by atoms with van der Waals surface area (Å²) >= 11 is 1.35. The minimum atomic E-state index is -0.190. The highest BCUT2D eigenvalue weighted by molar-refractivity contribution is 7.13. The van der Waals surface area contributed by atoms with Crippen molar-refractivity contribution < 1.29 is 9.53 Å². The number of hydrogen-bond acceptors (Lipinski definition) is 5. The Labute approximate surface area is 144 Å². The second-order valence-electron chi connectivity index (χ2n) is 5.43. The Morgan fingerprint density at radius 3 is 2.50 bits per heavy atom. The van der Waals surface area contributed by atoms with E-state index in [9.17, 15) is 4.79 Å². The first-order valence-corrected chi connectivity index (χ1v) is 8.28. The van der Waals surface area contributed by atoms with Gasteiger partial charge in [-0.25, -0.2) is 9.97 Å². The Morgan fingerprint density at radius 2 is 1.88 bits per heavy atom. The summed E-state index contributed by atoms with van der Waals surface area (Å²) in [7, 11) is 0. The fourth-order valence-electron chi connectivity index (χ4n) is 2.07. The van der Waals surface area contributed by atoms with Crippen LogP contribution in [0, 0.1) is 20.8 Å². The lowest BCUT2D eigenvalue weighted by Gasteiger charge is -2.08. The van der Waals surface area contributed by atoms with Crippen molar-refractivity contribution in [3.8, 4) is 11.6 Å². The van der Waals surface area contributed by atoms with E-state index in [1.54, 1.807) is 24.5 Å². The third kappa shape index (κ3) is 3.78. The number of nitrogens with one attached hydrogen (secondary N) is 1. The fourth-order valence-corrected chi connectivity index (χ4v) is 2.74. The molecule has 24 heavy (non-hydrogen) atoms. The van der Waals surface area contributed by atoms with Crippen LogP contribution < -0.4 is 10.1 Å². The largest absolute Gasteiger partial charge is 0.439 e. The summed E-state index contributed by atoms with van der Waals surface area (Å²) in [6, 6.07) is 9.37. The van der Waals surface area contributed by atoms with Crippen molar-refractivity contribution in [1.82, 2.24) is 9.97 Å². The zero-order valence-electron chi connectivity index (χ0n) is 13.7. The Bertz CT molecular complexity index is 872. The number of carbonyl (C=O) groups is 1. The van der Waals surface area contributed by atoms with E-state index in [4.69, 9.17) is 4.74 Å². The predicted molar refractivity (Wildman–Crippen MR) is 95.0 cm³/mol. The standard InChI is InChI=1S/C18H17N3O2S/c1-11-4-6-15(8-12(11)2)23-17-7-5-14(9-20-17)21-18(22)16-10-19-13(3)24-16/h4-10H,1-3H3,(H,21,22). The molecule has 2 heterocycles. The molecule has 6 heteroatoms. The Hall–Kier alpha value is -2.73. The van der Waals surface area contributed by atoms with Crippen molar-refractivity contribution in [2.45, 2.75) is 20.8 Å². The van der Waals surface area contributed by atoms with Crippen LogP contribution in [0.1, 0.15) is 25.8 Å². The van der Waals surface area contributed by atoms with Gasteiger partial charge in [0.1, 0.15) is 10.6 Å². The van der Waals surface area contributed by atoms with Crippen molar-refractivity contribution in [3.05, 3.63) is 63.7 Å². The summed E-state index contributed by atoms with van der Waals surface area (Å²) in [5.41, 5.74) is 2.99. The van der Waals surface area contributed by atoms with E-state index in [0.29, 0.717) is 16.4 Å². The molecule has 1 amide bonds. The van der Waals surface area contributed by atoms with Gasteiger partial charge in [-0.3, -0.25) is 4.79 Å². The lowest BCUT2D eigenvalue weighted by Crippen LogP contribution is -2.10. The van der Waals surface area contributed by atoms with Crippen LogP contribution in [0.5, 0.6) is 11.6 Å². The number of rotatable bonds is 4. The molecule has 2 aromatic heterocycles. The van der Waals surface area contributed by atoms with Gasteiger partial charge in [0.2, 0.25) is 5.88 Å². The van der Waals surface area contributed by atoms with Crippen molar-refractivity contribution in [2.75, 3.05) is 5.32 Å². The third-order valence-electron chi connectivity index (χ3n) is 3.54. The van der Waals surface area contributed by atoms with Gasteiger partial charge in [-0.15, -0.1) is 11.3 Å². The monoisotopic (exact) mass is 339 g/mol. The minimum absolute atomic E-state index is 0.190. The number of amides is 1.